The summed E-state index contributed by atoms with van der Waals surface area (Å²) in [6.07, 6.45) is 0. The lowest BCUT2D eigenvalue weighted by Gasteiger charge is -2.12. The van der Waals surface area contributed by atoms with Crippen LogP contribution in [0.25, 0.3) is 17.1 Å². The number of aryl methyl sites for hydroxylation is 2. The van der Waals surface area contributed by atoms with Crippen molar-refractivity contribution in [3.8, 4) is 28.8 Å². The van der Waals surface area contributed by atoms with Crippen molar-refractivity contribution in [3.05, 3.63) is 65.7 Å². The average Bonchev–Trinajstić information content (AvgIpc) is 3.28. The average molecular weight is 477 g/mol. The molecule has 9 nitrogen and oxygen atoms in total. The van der Waals surface area contributed by atoms with Gasteiger partial charge in [0.25, 0.3) is 0 Å². The molecule has 1 N–H and O–H groups in total. The van der Waals surface area contributed by atoms with Crippen LogP contribution in [0.1, 0.15) is 11.1 Å². The lowest BCUT2D eigenvalue weighted by molar-refractivity contribution is -0.113. The molecule has 4 aromatic rings. The van der Waals surface area contributed by atoms with E-state index in [-0.39, 0.29) is 29.4 Å². The van der Waals surface area contributed by atoms with E-state index in [4.69, 9.17) is 9.47 Å². The highest BCUT2D eigenvalue weighted by atomic mass is 32.2. The highest BCUT2D eigenvalue weighted by molar-refractivity contribution is 7.99. The third-order valence-corrected chi connectivity index (χ3v) is 6.02. The zero-order valence-electron chi connectivity index (χ0n) is 19.3. The number of anilines is 1. The molecule has 2 heterocycles. The highest BCUT2D eigenvalue weighted by Gasteiger charge is 2.18. The van der Waals surface area contributed by atoms with E-state index in [1.807, 2.05) is 41.0 Å². The Morgan fingerprint density at radius 1 is 0.941 bits per heavy atom. The van der Waals surface area contributed by atoms with E-state index in [9.17, 15) is 4.79 Å². The Balaban J connectivity index is 1.59. The minimum Gasteiger partial charge on any atom is -0.481 e. The number of hydrogen-bond acceptors (Lipinski definition) is 8. The quantitative estimate of drug-likeness (QED) is 0.379. The van der Waals surface area contributed by atoms with E-state index in [1.54, 1.807) is 0 Å². The largest absolute Gasteiger partial charge is 0.481 e. The van der Waals surface area contributed by atoms with Gasteiger partial charge >= 0.3 is 0 Å². The first-order valence-electron chi connectivity index (χ1n) is 10.5. The summed E-state index contributed by atoms with van der Waals surface area (Å²) in [5.74, 6) is 1.17. The van der Waals surface area contributed by atoms with Crippen LogP contribution < -0.4 is 14.8 Å². The van der Waals surface area contributed by atoms with Crippen molar-refractivity contribution in [1.29, 1.82) is 0 Å². The Morgan fingerprint density at radius 2 is 1.65 bits per heavy atom. The van der Waals surface area contributed by atoms with Crippen molar-refractivity contribution in [3.63, 3.8) is 0 Å². The summed E-state index contributed by atoms with van der Waals surface area (Å²) in [5.41, 5.74) is 4.21. The number of nitrogens with one attached hydrogen (secondary N) is 1. The Bertz CT molecular complexity index is 1290. The van der Waals surface area contributed by atoms with Gasteiger partial charge in [0.2, 0.25) is 23.6 Å². The number of benzene rings is 2. The van der Waals surface area contributed by atoms with Gasteiger partial charge in [0, 0.05) is 5.56 Å². The van der Waals surface area contributed by atoms with Crippen LogP contribution in [0.15, 0.2) is 59.8 Å². The van der Waals surface area contributed by atoms with E-state index < -0.39 is 0 Å². The Hall–Kier alpha value is -3.92. The normalized spacial score (nSPS) is 10.7. The molecule has 2 aromatic carbocycles. The fourth-order valence-corrected chi connectivity index (χ4v) is 3.95. The molecular weight excluding hydrogens is 452 g/mol. The Kier molecular flexibility index (Phi) is 7.07. The van der Waals surface area contributed by atoms with Gasteiger partial charge in [-0.1, -0.05) is 48.2 Å². The standard InChI is InChI=1S/C24H24N6O3S/c1-15-10-11-18(12-16(15)2)30-22(17-8-6-5-7-9-17)28-29-24(30)34-14-19(31)25-23-26-20(32-3)13-21(27-23)33-4/h5-13H,14H2,1-4H3,(H,25,26,27,31). The fraction of sp³-hybridized carbons (Fsp3) is 0.208. The second-order valence-corrected chi connectivity index (χ2v) is 8.33. The van der Waals surface area contributed by atoms with Crippen LogP contribution in [0.2, 0.25) is 0 Å². The van der Waals surface area contributed by atoms with Crippen molar-refractivity contribution in [2.24, 2.45) is 0 Å². The van der Waals surface area contributed by atoms with Crippen LogP contribution >= 0.6 is 11.8 Å². The number of carbonyl (C=O) groups excluding carboxylic acids is 1. The first-order valence-corrected chi connectivity index (χ1v) is 11.4. The van der Waals surface area contributed by atoms with E-state index in [0.29, 0.717) is 11.0 Å². The van der Waals surface area contributed by atoms with Gasteiger partial charge in [-0.15, -0.1) is 10.2 Å². The Labute approximate surface area is 201 Å². The lowest BCUT2D eigenvalue weighted by Crippen LogP contribution is -2.17. The van der Waals surface area contributed by atoms with Crippen molar-refractivity contribution in [2.75, 3.05) is 25.3 Å². The van der Waals surface area contributed by atoms with E-state index >= 15 is 0 Å². The van der Waals surface area contributed by atoms with Crippen molar-refractivity contribution >= 4 is 23.6 Å². The molecule has 4 rings (SSSR count). The summed E-state index contributed by atoms with van der Waals surface area (Å²) < 4.78 is 12.2. The number of carbonyl (C=O) groups is 1. The monoisotopic (exact) mass is 476 g/mol. The van der Waals surface area contributed by atoms with Gasteiger partial charge in [-0.05, 0) is 37.1 Å². The molecule has 2 aromatic heterocycles. The summed E-state index contributed by atoms with van der Waals surface area (Å²) in [6.45, 7) is 4.13. The summed E-state index contributed by atoms with van der Waals surface area (Å²) in [5, 5.41) is 12.1. The Morgan fingerprint density at radius 3 is 2.29 bits per heavy atom. The van der Waals surface area contributed by atoms with Crippen LogP contribution in [-0.4, -0.2) is 50.6 Å². The van der Waals surface area contributed by atoms with Gasteiger partial charge in [0.05, 0.1) is 31.7 Å². The second kappa shape index (κ2) is 10.3. The molecule has 0 aliphatic heterocycles. The number of aromatic nitrogens is 5. The van der Waals surface area contributed by atoms with E-state index in [0.717, 1.165) is 16.8 Å². The second-order valence-electron chi connectivity index (χ2n) is 7.39. The van der Waals surface area contributed by atoms with Gasteiger partial charge in [-0.3, -0.25) is 14.7 Å². The van der Waals surface area contributed by atoms with E-state index in [2.05, 4.69) is 51.5 Å². The number of hydrogen-bond donors (Lipinski definition) is 1. The molecule has 10 heteroatoms. The van der Waals surface area contributed by atoms with E-state index in [1.165, 1.54) is 37.6 Å². The maximum atomic E-state index is 12.7. The zero-order chi connectivity index (χ0) is 24.1. The van der Waals surface area contributed by atoms with Crippen molar-refractivity contribution in [1.82, 2.24) is 24.7 Å². The summed E-state index contributed by atoms with van der Waals surface area (Å²) >= 11 is 1.27. The minimum atomic E-state index is -0.295. The maximum absolute atomic E-state index is 12.7. The third kappa shape index (κ3) is 5.18. The smallest absolute Gasteiger partial charge is 0.237 e. The van der Waals surface area contributed by atoms with Gasteiger partial charge in [-0.25, -0.2) is 0 Å². The van der Waals surface area contributed by atoms with Gasteiger partial charge < -0.3 is 9.47 Å². The topological polar surface area (TPSA) is 104 Å². The summed E-state index contributed by atoms with van der Waals surface area (Å²) in [4.78, 5) is 20.9. The van der Waals surface area contributed by atoms with Gasteiger partial charge in [0.15, 0.2) is 11.0 Å². The molecule has 0 aliphatic rings. The first kappa shape index (κ1) is 23.2. The summed E-state index contributed by atoms with van der Waals surface area (Å²) in [6, 6.07) is 17.5. The molecule has 0 aliphatic carbocycles. The minimum absolute atomic E-state index is 0.0840. The number of methoxy groups -OCH3 is 2. The predicted octanol–water partition coefficient (Wildman–Crippen LogP) is 4.09. The third-order valence-electron chi connectivity index (χ3n) is 5.10. The molecular formula is C24H24N6O3S. The first-order chi connectivity index (χ1) is 16.5. The molecule has 0 spiro atoms. The number of thioether (sulfide) groups is 1. The molecule has 0 atom stereocenters. The molecule has 0 saturated carbocycles. The molecule has 0 radical (unpaired) electrons. The fourth-order valence-electron chi connectivity index (χ4n) is 3.19. The molecule has 34 heavy (non-hydrogen) atoms. The summed E-state index contributed by atoms with van der Waals surface area (Å²) in [7, 11) is 2.96. The van der Waals surface area contributed by atoms with Gasteiger partial charge in [-0.2, -0.15) is 9.97 Å². The van der Waals surface area contributed by atoms with Crippen LogP contribution in [-0.2, 0) is 4.79 Å². The molecule has 0 saturated heterocycles. The van der Waals surface area contributed by atoms with Gasteiger partial charge in [0.1, 0.15) is 0 Å². The maximum Gasteiger partial charge on any atom is 0.237 e. The highest BCUT2D eigenvalue weighted by Crippen LogP contribution is 2.29. The zero-order valence-corrected chi connectivity index (χ0v) is 20.1. The van der Waals surface area contributed by atoms with Crippen LogP contribution in [0.4, 0.5) is 5.95 Å². The molecule has 0 bridgehead atoms. The van der Waals surface area contributed by atoms with Crippen molar-refractivity contribution < 1.29 is 14.3 Å². The molecule has 1 amide bonds. The lowest BCUT2D eigenvalue weighted by atomic mass is 10.1. The molecule has 0 fully saturated rings. The molecule has 174 valence electrons. The predicted molar refractivity (Wildman–Crippen MR) is 131 cm³/mol. The van der Waals surface area contributed by atoms with Crippen LogP contribution in [0, 0.1) is 13.8 Å². The number of ether oxygens (including phenoxy) is 2. The van der Waals surface area contributed by atoms with Crippen LogP contribution in [0.3, 0.4) is 0 Å². The molecule has 0 unspecified atom stereocenters. The number of rotatable bonds is 8. The number of nitrogens with zero attached hydrogens (tertiary/aromatic N) is 5. The van der Waals surface area contributed by atoms with Crippen LogP contribution in [0.5, 0.6) is 11.8 Å². The SMILES string of the molecule is COc1cc(OC)nc(NC(=O)CSc2nnc(-c3ccccc3)n2-c2ccc(C)c(C)c2)n1. The number of amides is 1. The van der Waals surface area contributed by atoms with Crippen molar-refractivity contribution in [2.45, 2.75) is 19.0 Å².